The largest absolute Gasteiger partial charge is 0.436 e. The molecule has 0 aliphatic carbocycles. The third-order valence-corrected chi connectivity index (χ3v) is 10.9. The lowest BCUT2D eigenvalue weighted by atomic mass is 10.0. The summed E-state index contributed by atoms with van der Waals surface area (Å²) in [4.78, 5) is 48.1. The number of nitrogen functional groups attached to an aromatic ring is 1. The molecule has 0 unspecified atom stereocenters. The molecule has 1 atom stereocenters. The Labute approximate surface area is 274 Å². The third-order valence-electron chi connectivity index (χ3n) is 9.80. The van der Waals surface area contributed by atoms with E-state index in [1.165, 1.54) is 0 Å². The number of urea groups is 1. The number of aryl methyl sites for hydroxylation is 1. The van der Waals surface area contributed by atoms with Crippen molar-refractivity contribution in [2.75, 3.05) is 63.4 Å². The van der Waals surface area contributed by atoms with Crippen molar-refractivity contribution in [3.63, 3.8) is 0 Å². The number of likely N-dealkylation sites (tertiary alicyclic amines) is 1. The van der Waals surface area contributed by atoms with Gasteiger partial charge < -0.3 is 35.8 Å². The Bertz CT molecular complexity index is 1380. The lowest BCUT2D eigenvalue weighted by Crippen LogP contribution is -2.56. The van der Waals surface area contributed by atoms with Crippen molar-refractivity contribution in [2.45, 2.75) is 70.2 Å². The molecule has 0 saturated carbocycles. The summed E-state index contributed by atoms with van der Waals surface area (Å²) in [7, 11) is 0. The van der Waals surface area contributed by atoms with Gasteiger partial charge in [-0.25, -0.2) is 9.59 Å². The summed E-state index contributed by atoms with van der Waals surface area (Å²) in [5, 5.41) is 10.9. The number of hydrogen-bond donors (Lipinski definition) is 3. The molecule has 4 aliphatic heterocycles. The van der Waals surface area contributed by atoms with Gasteiger partial charge in [0.2, 0.25) is 0 Å². The van der Waals surface area contributed by atoms with Crippen LogP contribution in [0.3, 0.4) is 0 Å². The number of carbonyl (C=O) groups is 3. The minimum absolute atomic E-state index is 0.0279. The van der Waals surface area contributed by atoms with E-state index in [1.54, 1.807) is 22.3 Å². The first-order valence-corrected chi connectivity index (χ1v) is 17.5. The predicted octanol–water partition coefficient (Wildman–Crippen LogP) is 4.00. The summed E-state index contributed by atoms with van der Waals surface area (Å²) in [5.74, 6) is -0.175. The topological polar surface area (TPSA) is 123 Å². The Morgan fingerprint density at radius 1 is 1.02 bits per heavy atom. The van der Waals surface area contributed by atoms with Crippen LogP contribution in [0.5, 0.6) is 0 Å². The standard InChI is InChI=1S/C32H44ClN7O4S/c1-2-22-15-21(16-26(33)29(22)34)17-28(30(41)38-13-11-37(12-14-38)24-3-7-35-8-4-24)44-32(43)39-9-5-25(6-10-39)40-18-23-19-45-20-27(23)36-31(40)42/h15-16,19-20,24-25,28,35H,2-14,17-18,34H2,1H3,(H,36,42)/t28-/m1/s1. The second kappa shape index (κ2) is 14.1. The van der Waals surface area contributed by atoms with Crippen LogP contribution in [-0.4, -0.2) is 108 Å². The summed E-state index contributed by atoms with van der Waals surface area (Å²) in [6.07, 6.45) is 2.99. The van der Waals surface area contributed by atoms with Crippen molar-refractivity contribution in [1.82, 2.24) is 24.9 Å². The molecule has 3 fully saturated rings. The molecular weight excluding hydrogens is 614 g/mol. The molecule has 0 radical (unpaired) electrons. The number of amides is 4. The molecule has 13 heteroatoms. The molecule has 45 heavy (non-hydrogen) atoms. The normalized spacial score (nSPS) is 20.9. The quantitative estimate of drug-likeness (QED) is 0.385. The average molecular weight is 658 g/mol. The van der Waals surface area contributed by atoms with Gasteiger partial charge in [0.25, 0.3) is 5.91 Å². The number of fused-ring (bicyclic) bond motifs is 1. The van der Waals surface area contributed by atoms with E-state index in [1.807, 2.05) is 28.2 Å². The minimum atomic E-state index is -0.977. The molecule has 0 spiro atoms. The SMILES string of the molecule is CCc1cc(C[C@@H](OC(=O)N2CCC(N3Cc4cscc4NC3=O)CC2)C(=O)N2CCN(C3CCNCC3)CC2)cc(Cl)c1N. The van der Waals surface area contributed by atoms with E-state index >= 15 is 0 Å². The number of carbonyl (C=O) groups excluding carboxylic acids is 3. The van der Waals surface area contributed by atoms with Crippen molar-refractivity contribution in [3.05, 3.63) is 44.6 Å². The number of nitrogens with one attached hydrogen (secondary N) is 2. The summed E-state index contributed by atoms with van der Waals surface area (Å²) >= 11 is 8.04. The van der Waals surface area contributed by atoms with E-state index in [4.69, 9.17) is 22.1 Å². The van der Waals surface area contributed by atoms with Crippen LogP contribution in [0.1, 0.15) is 49.3 Å². The highest BCUT2D eigenvalue weighted by atomic mass is 35.5. The number of ether oxygens (including phenoxy) is 1. The highest BCUT2D eigenvalue weighted by molar-refractivity contribution is 7.08. The van der Waals surface area contributed by atoms with Gasteiger partial charge in [0.05, 0.1) is 22.9 Å². The fourth-order valence-corrected chi connectivity index (χ4v) is 8.11. The van der Waals surface area contributed by atoms with Gasteiger partial charge in [0, 0.05) is 68.7 Å². The number of halogens is 1. The van der Waals surface area contributed by atoms with Crippen LogP contribution in [0.25, 0.3) is 0 Å². The average Bonchev–Trinajstić information content (AvgIpc) is 3.53. The van der Waals surface area contributed by atoms with E-state index in [9.17, 15) is 14.4 Å². The number of nitrogens with zero attached hydrogens (tertiary/aromatic N) is 4. The number of thiophene rings is 1. The Kier molecular flexibility index (Phi) is 10.0. The second-order valence-electron chi connectivity index (χ2n) is 12.5. The fraction of sp³-hybridized carbons (Fsp3) is 0.594. The monoisotopic (exact) mass is 657 g/mol. The summed E-state index contributed by atoms with van der Waals surface area (Å²) in [6, 6.07) is 4.21. The van der Waals surface area contributed by atoms with Crippen LogP contribution in [0, 0.1) is 0 Å². The molecule has 4 aliphatic rings. The van der Waals surface area contributed by atoms with Crippen LogP contribution in [-0.2, 0) is 28.9 Å². The van der Waals surface area contributed by atoms with Gasteiger partial charge >= 0.3 is 12.1 Å². The van der Waals surface area contributed by atoms with Gasteiger partial charge in [-0.15, -0.1) is 11.3 Å². The molecule has 3 saturated heterocycles. The van der Waals surface area contributed by atoms with Gasteiger partial charge in [-0.1, -0.05) is 24.6 Å². The molecule has 5 heterocycles. The van der Waals surface area contributed by atoms with Crippen molar-refractivity contribution in [3.8, 4) is 0 Å². The van der Waals surface area contributed by atoms with Crippen LogP contribution < -0.4 is 16.4 Å². The molecule has 1 aromatic carbocycles. The lowest BCUT2D eigenvalue weighted by Gasteiger charge is -2.42. The molecule has 4 amide bonds. The fourth-order valence-electron chi connectivity index (χ4n) is 7.07. The smallest absolute Gasteiger partial charge is 0.410 e. The number of nitrogens with two attached hydrogens (primary N) is 1. The van der Waals surface area contributed by atoms with Crippen LogP contribution in [0.4, 0.5) is 21.0 Å². The number of piperazine rings is 1. The van der Waals surface area contributed by atoms with E-state index < -0.39 is 12.2 Å². The van der Waals surface area contributed by atoms with Gasteiger partial charge in [-0.05, 0) is 67.8 Å². The molecule has 6 rings (SSSR count). The molecule has 11 nitrogen and oxygen atoms in total. The van der Waals surface area contributed by atoms with Gasteiger partial charge in [0.1, 0.15) is 0 Å². The Morgan fingerprint density at radius 3 is 2.47 bits per heavy atom. The number of piperidine rings is 2. The Morgan fingerprint density at radius 2 is 1.76 bits per heavy atom. The van der Waals surface area contributed by atoms with Crippen molar-refractivity contribution < 1.29 is 19.1 Å². The zero-order valence-electron chi connectivity index (χ0n) is 25.9. The van der Waals surface area contributed by atoms with Gasteiger partial charge in [0.15, 0.2) is 6.10 Å². The Hall–Kier alpha value is -3.06. The van der Waals surface area contributed by atoms with Crippen LogP contribution in [0.15, 0.2) is 22.9 Å². The molecular formula is C32H44ClN7O4S. The van der Waals surface area contributed by atoms with E-state index in [-0.39, 0.29) is 24.4 Å². The third kappa shape index (κ3) is 7.19. The first-order chi connectivity index (χ1) is 21.8. The van der Waals surface area contributed by atoms with E-state index in [0.29, 0.717) is 68.7 Å². The summed E-state index contributed by atoms with van der Waals surface area (Å²) in [5.41, 5.74) is 10.4. The molecule has 1 aromatic heterocycles. The zero-order chi connectivity index (χ0) is 31.5. The first-order valence-electron chi connectivity index (χ1n) is 16.2. The highest BCUT2D eigenvalue weighted by Gasteiger charge is 2.36. The van der Waals surface area contributed by atoms with Gasteiger partial charge in [-0.3, -0.25) is 9.69 Å². The maximum absolute atomic E-state index is 14.0. The molecule has 2 aromatic rings. The second-order valence-corrected chi connectivity index (χ2v) is 13.7. The van der Waals surface area contributed by atoms with Crippen molar-refractivity contribution in [1.29, 1.82) is 0 Å². The van der Waals surface area contributed by atoms with E-state index in [2.05, 4.69) is 20.9 Å². The van der Waals surface area contributed by atoms with Gasteiger partial charge in [-0.2, -0.15) is 0 Å². The van der Waals surface area contributed by atoms with Crippen LogP contribution >= 0.6 is 22.9 Å². The van der Waals surface area contributed by atoms with E-state index in [0.717, 1.165) is 61.4 Å². The Balaban J connectivity index is 1.10. The summed E-state index contributed by atoms with van der Waals surface area (Å²) in [6.45, 7) is 8.39. The summed E-state index contributed by atoms with van der Waals surface area (Å²) < 4.78 is 6.04. The first kappa shape index (κ1) is 31.9. The number of benzene rings is 1. The highest BCUT2D eigenvalue weighted by Crippen LogP contribution is 2.31. The van der Waals surface area contributed by atoms with Crippen molar-refractivity contribution in [2.24, 2.45) is 0 Å². The van der Waals surface area contributed by atoms with Crippen molar-refractivity contribution >= 4 is 52.3 Å². The molecule has 0 bridgehead atoms. The minimum Gasteiger partial charge on any atom is -0.436 e. The number of hydrogen-bond acceptors (Lipinski definition) is 8. The molecule has 4 N–H and O–H groups in total. The predicted molar refractivity (Wildman–Crippen MR) is 177 cm³/mol. The number of rotatable bonds is 7. The molecule has 244 valence electrons. The van der Waals surface area contributed by atoms with Crippen LogP contribution in [0.2, 0.25) is 5.02 Å². The maximum Gasteiger partial charge on any atom is 0.410 e. The lowest BCUT2D eigenvalue weighted by molar-refractivity contribution is -0.143. The zero-order valence-corrected chi connectivity index (χ0v) is 27.5. The number of anilines is 2. The maximum atomic E-state index is 14.0.